The van der Waals surface area contributed by atoms with E-state index in [0.29, 0.717) is 4.68 Å². The number of carbonyl (C=O) groups is 1. The van der Waals surface area contributed by atoms with Gasteiger partial charge in [0, 0.05) is 17.0 Å². The minimum Gasteiger partial charge on any atom is -0.365 e. The Hall–Kier alpha value is -2.97. The van der Waals surface area contributed by atoms with E-state index >= 15 is 0 Å². The van der Waals surface area contributed by atoms with E-state index in [1.54, 1.807) is 0 Å². The lowest BCUT2D eigenvalue weighted by Gasteiger charge is -2.13. The fourth-order valence-corrected chi connectivity index (χ4v) is 2.30. The van der Waals surface area contributed by atoms with Crippen molar-refractivity contribution >= 4 is 16.7 Å². The molecule has 2 heterocycles. The third-order valence-corrected chi connectivity index (χ3v) is 3.26. The van der Waals surface area contributed by atoms with Crippen LogP contribution in [-0.4, -0.2) is 20.7 Å². The molecular formula is C14H8F4N4O. The Kier molecular flexibility index (Phi) is 3.28. The van der Waals surface area contributed by atoms with Gasteiger partial charge in [0.1, 0.15) is 5.82 Å². The minimum absolute atomic E-state index is 0.0363. The first-order valence-corrected chi connectivity index (χ1v) is 6.28. The van der Waals surface area contributed by atoms with Gasteiger partial charge in [-0.05, 0) is 6.07 Å². The van der Waals surface area contributed by atoms with Crippen LogP contribution < -0.4 is 5.73 Å². The number of aromatic nitrogens is 3. The zero-order valence-electron chi connectivity index (χ0n) is 11.3. The van der Waals surface area contributed by atoms with Crippen molar-refractivity contribution in [2.24, 2.45) is 5.73 Å². The second-order valence-corrected chi connectivity index (χ2v) is 4.67. The molecule has 118 valence electrons. The summed E-state index contributed by atoms with van der Waals surface area (Å²) in [6, 6.07) is 3.95. The Morgan fingerprint density at radius 3 is 2.52 bits per heavy atom. The Morgan fingerprint density at radius 1 is 1.13 bits per heavy atom. The van der Waals surface area contributed by atoms with Gasteiger partial charge in [-0.15, -0.1) is 0 Å². The number of fused-ring (bicyclic) bond motifs is 1. The number of benzene rings is 1. The highest BCUT2D eigenvalue weighted by Crippen LogP contribution is 2.35. The normalized spacial score (nSPS) is 11.8. The summed E-state index contributed by atoms with van der Waals surface area (Å²) in [6.07, 6.45) is -1.85. The molecule has 0 aliphatic rings. The lowest BCUT2D eigenvalue weighted by molar-refractivity contribution is -0.143. The van der Waals surface area contributed by atoms with Crippen LogP contribution >= 0.6 is 0 Å². The molecule has 1 aromatic carbocycles. The number of halogens is 4. The first-order chi connectivity index (χ1) is 10.8. The molecule has 0 saturated heterocycles. The van der Waals surface area contributed by atoms with Crippen LogP contribution in [0, 0.1) is 5.82 Å². The van der Waals surface area contributed by atoms with Gasteiger partial charge in [0.2, 0.25) is 0 Å². The van der Waals surface area contributed by atoms with Crippen molar-refractivity contribution < 1.29 is 22.4 Å². The number of nitrogens with two attached hydrogens (primary N) is 1. The van der Waals surface area contributed by atoms with Gasteiger partial charge in [0.25, 0.3) is 5.91 Å². The van der Waals surface area contributed by atoms with Crippen LogP contribution in [0.5, 0.6) is 0 Å². The number of pyridine rings is 1. The van der Waals surface area contributed by atoms with Crippen LogP contribution in [0.3, 0.4) is 0 Å². The maximum Gasteiger partial charge on any atom is 0.434 e. The van der Waals surface area contributed by atoms with Crippen LogP contribution in [0.4, 0.5) is 17.6 Å². The van der Waals surface area contributed by atoms with Crippen molar-refractivity contribution in [2.75, 3.05) is 0 Å². The highest BCUT2D eigenvalue weighted by molar-refractivity contribution is 5.95. The van der Waals surface area contributed by atoms with E-state index in [4.69, 9.17) is 5.73 Å². The molecular weight excluding hydrogens is 316 g/mol. The van der Waals surface area contributed by atoms with Crippen LogP contribution in [-0.2, 0) is 6.18 Å². The minimum atomic E-state index is -4.88. The van der Waals surface area contributed by atoms with Crippen LogP contribution in [0.1, 0.15) is 16.1 Å². The van der Waals surface area contributed by atoms with Gasteiger partial charge in [-0.1, -0.05) is 12.1 Å². The summed E-state index contributed by atoms with van der Waals surface area (Å²) in [5.41, 5.74) is 2.76. The van der Waals surface area contributed by atoms with Crippen LogP contribution in [0.25, 0.3) is 16.5 Å². The Bertz CT molecular complexity index is 917. The van der Waals surface area contributed by atoms with Gasteiger partial charge in [0.05, 0.1) is 23.6 Å². The zero-order valence-corrected chi connectivity index (χ0v) is 11.3. The van der Waals surface area contributed by atoms with Gasteiger partial charge < -0.3 is 5.73 Å². The molecule has 2 N–H and O–H groups in total. The van der Waals surface area contributed by atoms with Gasteiger partial charge >= 0.3 is 6.18 Å². The second-order valence-electron chi connectivity index (χ2n) is 4.67. The third kappa shape index (κ3) is 2.39. The van der Waals surface area contributed by atoms with E-state index in [1.165, 1.54) is 18.3 Å². The monoisotopic (exact) mass is 324 g/mol. The largest absolute Gasteiger partial charge is 0.434 e. The smallest absolute Gasteiger partial charge is 0.365 e. The fourth-order valence-electron chi connectivity index (χ4n) is 2.30. The first kappa shape index (κ1) is 14.9. The number of amides is 1. The molecule has 3 rings (SSSR count). The van der Waals surface area contributed by atoms with Crippen molar-refractivity contribution in [3.8, 4) is 5.69 Å². The van der Waals surface area contributed by atoms with Crippen molar-refractivity contribution in [3.63, 3.8) is 0 Å². The molecule has 2 aromatic heterocycles. The van der Waals surface area contributed by atoms with E-state index in [9.17, 15) is 22.4 Å². The van der Waals surface area contributed by atoms with E-state index < -0.39 is 29.2 Å². The van der Waals surface area contributed by atoms with E-state index in [0.717, 1.165) is 18.5 Å². The van der Waals surface area contributed by atoms with Crippen molar-refractivity contribution in [1.82, 2.24) is 14.8 Å². The summed E-state index contributed by atoms with van der Waals surface area (Å²) < 4.78 is 54.2. The SMILES string of the molecule is NC(=O)c1cnn(-c2cncc3c(F)cccc23)c1C(F)(F)F. The summed E-state index contributed by atoms with van der Waals surface area (Å²) in [5, 5.41) is 3.79. The van der Waals surface area contributed by atoms with E-state index in [2.05, 4.69) is 10.1 Å². The molecule has 1 amide bonds. The fraction of sp³-hybridized carbons (Fsp3) is 0.0714. The molecule has 0 atom stereocenters. The standard InChI is InChI=1S/C14H8F4N4O/c15-10-3-1-2-7-8(10)4-20-6-11(7)22-12(14(16,17)18)9(5-21-22)13(19)23/h1-6H,(H2,19,23). The van der Waals surface area contributed by atoms with E-state index in [-0.39, 0.29) is 16.5 Å². The number of nitrogens with zero attached hydrogens (tertiary/aromatic N) is 3. The van der Waals surface area contributed by atoms with E-state index in [1.807, 2.05) is 0 Å². The quantitative estimate of drug-likeness (QED) is 0.737. The maximum absolute atomic E-state index is 13.8. The summed E-state index contributed by atoms with van der Waals surface area (Å²) in [6.45, 7) is 0. The maximum atomic E-state index is 13.8. The Balaban J connectivity index is 2.37. The number of carbonyl (C=O) groups excluding carboxylic acids is 1. The summed E-state index contributed by atoms with van der Waals surface area (Å²) in [5.74, 6) is -1.89. The van der Waals surface area contributed by atoms with Crippen molar-refractivity contribution in [2.45, 2.75) is 6.18 Å². The molecule has 0 saturated carbocycles. The highest BCUT2D eigenvalue weighted by atomic mass is 19.4. The zero-order chi connectivity index (χ0) is 16.8. The van der Waals surface area contributed by atoms with Crippen molar-refractivity contribution in [3.05, 3.63) is 53.9 Å². The molecule has 0 radical (unpaired) electrons. The van der Waals surface area contributed by atoms with Gasteiger partial charge in [-0.2, -0.15) is 18.3 Å². The molecule has 5 nitrogen and oxygen atoms in total. The number of hydrogen-bond acceptors (Lipinski definition) is 3. The molecule has 3 aromatic rings. The average molecular weight is 324 g/mol. The summed E-state index contributed by atoms with van der Waals surface area (Å²) >= 11 is 0. The number of hydrogen-bond donors (Lipinski definition) is 1. The predicted molar refractivity (Wildman–Crippen MR) is 72.3 cm³/mol. The Labute approximate surface area is 126 Å². The molecule has 9 heteroatoms. The molecule has 0 bridgehead atoms. The van der Waals surface area contributed by atoms with Gasteiger partial charge in [-0.3, -0.25) is 9.78 Å². The summed E-state index contributed by atoms with van der Waals surface area (Å²) in [7, 11) is 0. The lowest BCUT2D eigenvalue weighted by atomic mass is 10.1. The molecule has 0 fully saturated rings. The first-order valence-electron chi connectivity index (χ1n) is 6.28. The van der Waals surface area contributed by atoms with Gasteiger partial charge in [-0.25, -0.2) is 9.07 Å². The molecule has 0 unspecified atom stereocenters. The second kappa shape index (κ2) is 5.04. The summed E-state index contributed by atoms with van der Waals surface area (Å²) in [4.78, 5) is 15.0. The number of primary amides is 1. The van der Waals surface area contributed by atoms with Crippen LogP contribution in [0.2, 0.25) is 0 Å². The van der Waals surface area contributed by atoms with Crippen molar-refractivity contribution in [1.29, 1.82) is 0 Å². The molecule has 0 spiro atoms. The highest BCUT2D eigenvalue weighted by Gasteiger charge is 2.40. The molecule has 23 heavy (non-hydrogen) atoms. The predicted octanol–water partition coefficient (Wildman–Crippen LogP) is 2.68. The third-order valence-electron chi connectivity index (χ3n) is 3.26. The number of rotatable bonds is 2. The molecule has 0 aliphatic heterocycles. The molecule has 0 aliphatic carbocycles. The number of alkyl halides is 3. The average Bonchev–Trinajstić information content (AvgIpc) is 2.92. The lowest BCUT2D eigenvalue weighted by Crippen LogP contribution is -2.21. The topological polar surface area (TPSA) is 73.8 Å². The van der Waals surface area contributed by atoms with Gasteiger partial charge in [0.15, 0.2) is 5.69 Å². The Morgan fingerprint density at radius 2 is 1.87 bits per heavy atom. The van der Waals surface area contributed by atoms with Crippen LogP contribution in [0.15, 0.2) is 36.8 Å².